The maximum atomic E-state index is 12.8. The lowest BCUT2D eigenvalue weighted by molar-refractivity contribution is -0.151. The quantitative estimate of drug-likeness (QED) is 0.478. The largest absolute Gasteiger partial charge is 0.465 e. The van der Waals surface area contributed by atoms with Gasteiger partial charge >= 0.3 is 6.09 Å². The number of halogens is 2. The maximum Gasteiger partial charge on any atom is 0.407 e. The topological polar surface area (TPSA) is 86.8 Å². The van der Waals surface area contributed by atoms with E-state index >= 15 is 0 Å². The molecule has 0 aromatic rings. The highest BCUT2D eigenvalue weighted by atomic mass is 19.3. The summed E-state index contributed by atoms with van der Waals surface area (Å²) >= 11 is 0. The summed E-state index contributed by atoms with van der Waals surface area (Å²) in [6.07, 6.45) is -3.43. The molecule has 76 valence electrons. The van der Waals surface area contributed by atoms with Gasteiger partial charge in [-0.2, -0.15) is 0 Å². The van der Waals surface area contributed by atoms with Gasteiger partial charge in [-0.15, -0.1) is 0 Å². The smallest absolute Gasteiger partial charge is 0.407 e. The summed E-state index contributed by atoms with van der Waals surface area (Å²) in [7, 11) is 0. The number of alkyl halides is 2. The lowest BCUT2D eigenvalue weighted by Gasteiger charge is -2.38. The number of carboxylic acid groups (broad SMARTS) is 1. The van der Waals surface area contributed by atoms with Gasteiger partial charge in [-0.25, -0.2) is 13.6 Å². The zero-order valence-corrected chi connectivity index (χ0v) is 6.65. The van der Waals surface area contributed by atoms with Gasteiger partial charge in [0.2, 0.25) is 0 Å². The number of nitrogens with zero attached hydrogens (tertiary/aromatic N) is 1. The van der Waals surface area contributed by atoms with Crippen LogP contribution < -0.4 is 5.73 Å². The van der Waals surface area contributed by atoms with Gasteiger partial charge in [0, 0.05) is 6.54 Å². The Kier molecular flexibility index (Phi) is 2.40. The van der Waals surface area contributed by atoms with Crippen LogP contribution in [-0.2, 0) is 0 Å². The lowest BCUT2D eigenvalue weighted by atomic mass is 10.00. The molecule has 2 unspecified atom stereocenters. The molecule has 7 heteroatoms. The van der Waals surface area contributed by atoms with Crippen LogP contribution >= 0.6 is 0 Å². The first-order valence-corrected chi connectivity index (χ1v) is 3.64. The molecule has 0 aromatic heterocycles. The number of aliphatic hydroxyl groups is 1. The highest BCUT2D eigenvalue weighted by Gasteiger charge is 2.49. The van der Waals surface area contributed by atoms with Gasteiger partial charge in [0.25, 0.3) is 5.92 Å². The summed E-state index contributed by atoms with van der Waals surface area (Å²) in [6.45, 7) is -1.27. The number of carbonyl (C=O) groups is 1. The van der Waals surface area contributed by atoms with E-state index in [9.17, 15) is 13.6 Å². The number of rotatable bonds is 0. The minimum atomic E-state index is -3.46. The Morgan fingerprint density at radius 2 is 2.15 bits per heavy atom. The third-order valence-electron chi connectivity index (χ3n) is 1.94. The fourth-order valence-corrected chi connectivity index (χ4v) is 1.23. The number of likely N-dealkylation sites (tertiary alicyclic amines) is 1. The van der Waals surface area contributed by atoms with Crippen LogP contribution in [0.15, 0.2) is 0 Å². The van der Waals surface area contributed by atoms with Crippen molar-refractivity contribution in [2.45, 2.75) is 18.1 Å². The van der Waals surface area contributed by atoms with Crippen LogP contribution in [-0.4, -0.2) is 52.4 Å². The highest BCUT2D eigenvalue weighted by molar-refractivity contribution is 5.65. The molecular weight excluding hydrogens is 186 g/mol. The van der Waals surface area contributed by atoms with E-state index in [2.05, 4.69) is 0 Å². The van der Waals surface area contributed by atoms with Crippen molar-refractivity contribution in [2.24, 2.45) is 5.73 Å². The van der Waals surface area contributed by atoms with Crippen LogP contribution in [0.3, 0.4) is 0 Å². The summed E-state index contributed by atoms with van der Waals surface area (Å²) in [5.41, 5.74) is 5.15. The molecule has 1 saturated heterocycles. The third kappa shape index (κ3) is 1.86. The lowest BCUT2D eigenvalue weighted by Crippen LogP contribution is -2.63. The predicted octanol–water partition coefficient (Wildman–Crippen LogP) is -0.697. The molecule has 1 aliphatic rings. The Balaban J connectivity index is 2.76. The number of nitrogens with two attached hydrogens (primary N) is 1. The van der Waals surface area contributed by atoms with E-state index in [0.717, 1.165) is 0 Å². The third-order valence-corrected chi connectivity index (χ3v) is 1.94. The molecule has 5 nitrogen and oxygen atoms in total. The second-order valence-electron chi connectivity index (χ2n) is 3.03. The van der Waals surface area contributed by atoms with Crippen LogP contribution in [0.1, 0.15) is 0 Å². The van der Waals surface area contributed by atoms with E-state index in [-0.39, 0.29) is 6.54 Å². The molecule has 4 N–H and O–H groups in total. The normalized spacial score (nSPS) is 33.1. The van der Waals surface area contributed by atoms with Crippen LogP contribution in [0, 0.1) is 0 Å². The SMILES string of the molecule is NC1CN(C(=O)O)CC(F)(F)C1O. The van der Waals surface area contributed by atoms with Gasteiger partial charge in [0.15, 0.2) is 0 Å². The van der Waals surface area contributed by atoms with E-state index in [1.54, 1.807) is 0 Å². The average Bonchev–Trinajstić information content (AvgIpc) is 1.99. The van der Waals surface area contributed by atoms with Crippen LogP contribution in [0.2, 0.25) is 0 Å². The van der Waals surface area contributed by atoms with Crippen LogP contribution in [0.25, 0.3) is 0 Å². The van der Waals surface area contributed by atoms with Crippen LogP contribution in [0.5, 0.6) is 0 Å². The minimum absolute atomic E-state index is 0.272. The van der Waals surface area contributed by atoms with E-state index in [4.69, 9.17) is 15.9 Å². The molecule has 1 rings (SSSR count). The van der Waals surface area contributed by atoms with Gasteiger partial charge in [-0.05, 0) is 0 Å². The molecule has 1 heterocycles. The molecule has 0 bridgehead atoms. The zero-order chi connectivity index (χ0) is 10.2. The van der Waals surface area contributed by atoms with E-state index in [0.29, 0.717) is 4.90 Å². The van der Waals surface area contributed by atoms with Crippen molar-refractivity contribution in [1.29, 1.82) is 0 Å². The standard InChI is InChI=1S/C6H10F2N2O3/c7-6(8)2-10(5(12)13)1-3(9)4(6)11/h3-4,11H,1-2,9H2,(H,12,13). The van der Waals surface area contributed by atoms with Gasteiger partial charge in [-0.1, -0.05) is 0 Å². The van der Waals surface area contributed by atoms with Gasteiger partial charge in [-0.3, -0.25) is 0 Å². The summed E-state index contributed by atoms with van der Waals surface area (Å²) in [4.78, 5) is 10.8. The zero-order valence-electron chi connectivity index (χ0n) is 6.65. The Morgan fingerprint density at radius 3 is 2.54 bits per heavy atom. The van der Waals surface area contributed by atoms with Gasteiger partial charge in [0.1, 0.15) is 6.10 Å². The van der Waals surface area contributed by atoms with Crippen molar-refractivity contribution >= 4 is 6.09 Å². The molecule has 1 amide bonds. The van der Waals surface area contributed by atoms with Gasteiger partial charge < -0.3 is 20.8 Å². The monoisotopic (exact) mass is 196 g/mol. The fourth-order valence-electron chi connectivity index (χ4n) is 1.23. The summed E-state index contributed by atoms with van der Waals surface area (Å²) in [6, 6.07) is -1.24. The van der Waals surface area contributed by atoms with Crippen molar-refractivity contribution in [3.8, 4) is 0 Å². The fraction of sp³-hybridized carbons (Fsp3) is 0.833. The number of amides is 1. The average molecular weight is 196 g/mol. The van der Waals surface area contributed by atoms with Crippen molar-refractivity contribution in [1.82, 2.24) is 4.90 Å². The molecule has 1 fully saturated rings. The number of hydrogen-bond donors (Lipinski definition) is 3. The Labute approximate surface area is 72.7 Å². The molecule has 13 heavy (non-hydrogen) atoms. The highest BCUT2D eigenvalue weighted by Crippen LogP contribution is 2.26. The second kappa shape index (κ2) is 3.08. The Bertz CT molecular complexity index is 224. The van der Waals surface area contributed by atoms with Crippen LogP contribution in [0.4, 0.5) is 13.6 Å². The summed E-state index contributed by atoms with van der Waals surface area (Å²) in [5, 5.41) is 17.3. The van der Waals surface area contributed by atoms with Gasteiger partial charge in [0.05, 0.1) is 12.6 Å². The molecule has 0 radical (unpaired) electrons. The molecule has 0 saturated carbocycles. The van der Waals surface area contributed by atoms with Crippen molar-refractivity contribution in [3.63, 3.8) is 0 Å². The van der Waals surface area contributed by atoms with E-state index in [1.807, 2.05) is 0 Å². The van der Waals surface area contributed by atoms with E-state index < -0.39 is 30.7 Å². The first kappa shape index (κ1) is 10.1. The molecule has 1 aliphatic heterocycles. The molecule has 2 atom stereocenters. The van der Waals surface area contributed by atoms with Crippen molar-refractivity contribution in [3.05, 3.63) is 0 Å². The second-order valence-corrected chi connectivity index (χ2v) is 3.03. The Morgan fingerprint density at radius 1 is 1.62 bits per heavy atom. The number of piperidine rings is 1. The Hall–Kier alpha value is -0.950. The first-order chi connectivity index (χ1) is 5.84. The molecule has 0 aromatic carbocycles. The maximum absolute atomic E-state index is 12.8. The minimum Gasteiger partial charge on any atom is -0.465 e. The molecular formula is C6H10F2N2O3. The molecule has 0 spiro atoms. The first-order valence-electron chi connectivity index (χ1n) is 3.64. The number of hydrogen-bond acceptors (Lipinski definition) is 3. The summed E-state index contributed by atoms with van der Waals surface area (Å²) < 4.78 is 25.6. The number of aliphatic hydroxyl groups excluding tert-OH is 1. The van der Waals surface area contributed by atoms with Crippen molar-refractivity contribution in [2.75, 3.05) is 13.1 Å². The van der Waals surface area contributed by atoms with Crippen molar-refractivity contribution < 1.29 is 23.8 Å². The molecule has 0 aliphatic carbocycles. The summed E-state index contributed by atoms with van der Waals surface area (Å²) in [5.74, 6) is -3.46. The predicted molar refractivity (Wildman–Crippen MR) is 38.5 cm³/mol. The van der Waals surface area contributed by atoms with E-state index in [1.165, 1.54) is 0 Å².